The molecule has 1 fully saturated rings. The number of rotatable bonds is 3. The van der Waals surface area contributed by atoms with Crippen LogP contribution in [-0.2, 0) is 4.79 Å². The molecule has 1 amide bonds. The van der Waals surface area contributed by atoms with E-state index in [-0.39, 0.29) is 13.0 Å². The summed E-state index contributed by atoms with van der Waals surface area (Å²) >= 11 is 0. The molecule has 106 valence electrons. The molecule has 0 aliphatic carbocycles. The topological polar surface area (TPSA) is 55.6 Å². The number of alkyl halides is 1. The lowest BCUT2D eigenvalue weighted by Gasteiger charge is -2.25. The van der Waals surface area contributed by atoms with E-state index in [1.165, 1.54) is 0 Å². The predicted molar refractivity (Wildman–Crippen MR) is 74.0 cm³/mol. The first-order valence-electron chi connectivity index (χ1n) is 6.72. The van der Waals surface area contributed by atoms with Gasteiger partial charge in [0, 0.05) is 25.1 Å². The second-order valence-electron chi connectivity index (χ2n) is 5.31. The fourth-order valence-electron chi connectivity index (χ4n) is 2.83. The molecule has 3 rings (SSSR count). The highest BCUT2D eigenvalue weighted by atomic mass is 19.1. The van der Waals surface area contributed by atoms with Crippen LogP contribution in [0.15, 0.2) is 29.8 Å². The third-order valence-corrected chi connectivity index (χ3v) is 3.78. The number of ether oxygens (including phenoxy) is 1. The SMILES string of the molecule is NC(=O)[C@@H]1C[C@@H](F)CN1CC1=Cc2ccccc2OC1. The van der Waals surface area contributed by atoms with Gasteiger partial charge in [-0.3, -0.25) is 9.69 Å². The Morgan fingerprint density at radius 3 is 3.05 bits per heavy atom. The number of benzene rings is 1. The molecule has 2 atom stereocenters. The molecule has 2 aliphatic heterocycles. The summed E-state index contributed by atoms with van der Waals surface area (Å²) in [7, 11) is 0. The molecule has 2 aliphatic rings. The maximum Gasteiger partial charge on any atom is 0.234 e. The minimum absolute atomic E-state index is 0.195. The van der Waals surface area contributed by atoms with Crippen LogP contribution in [0.1, 0.15) is 12.0 Å². The quantitative estimate of drug-likeness (QED) is 0.907. The Bertz CT molecular complexity index is 559. The summed E-state index contributed by atoms with van der Waals surface area (Å²) in [5.41, 5.74) is 7.38. The number of likely N-dealkylation sites (tertiary alicyclic amines) is 1. The zero-order valence-electron chi connectivity index (χ0n) is 11.1. The predicted octanol–water partition coefficient (Wildman–Crippen LogP) is 1.36. The third-order valence-electron chi connectivity index (χ3n) is 3.78. The van der Waals surface area contributed by atoms with Crippen molar-refractivity contribution in [1.82, 2.24) is 4.90 Å². The highest BCUT2D eigenvalue weighted by Crippen LogP contribution is 2.28. The maximum atomic E-state index is 13.5. The Morgan fingerprint density at radius 1 is 1.45 bits per heavy atom. The van der Waals surface area contributed by atoms with Crippen LogP contribution in [0.2, 0.25) is 0 Å². The average molecular weight is 276 g/mol. The number of nitrogens with zero attached hydrogens (tertiary/aromatic N) is 1. The number of halogens is 1. The lowest BCUT2D eigenvalue weighted by Crippen LogP contribution is -2.41. The Morgan fingerprint density at radius 2 is 2.25 bits per heavy atom. The molecule has 1 aromatic carbocycles. The van der Waals surface area contributed by atoms with E-state index in [4.69, 9.17) is 10.5 Å². The zero-order chi connectivity index (χ0) is 14.1. The molecule has 2 N–H and O–H groups in total. The minimum atomic E-state index is -0.982. The summed E-state index contributed by atoms with van der Waals surface area (Å²) in [5, 5.41) is 0. The smallest absolute Gasteiger partial charge is 0.234 e. The van der Waals surface area contributed by atoms with E-state index in [1.807, 2.05) is 30.3 Å². The van der Waals surface area contributed by atoms with E-state index in [9.17, 15) is 9.18 Å². The third kappa shape index (κ3) is 2.54. The van der Waals surface area contributed by atoms with Crippen molar-refractivity contribution in [2.45, 2.75) is 18.6 Å². The highest BCUT2D eigenvalue weighted by Gasteiger charge is 2.36. The molecule has 0 spiro atoms. The fraction of sp³-hybridized carbons (Fsp3) is 0.400. The Balaban J connectivity index is 1.75. The standard InChI is InChI=1S/C15H17FN2O2/c16-12-6-13(15(17)19)18(8-12)7-10-5-11-3-1-2-4-14(11)20-9-10/h1-5,12-13H,6-9H2,(H2,17,19)/t12-,13+/m1/s1. The van der Waals surface area contributed by atoms with Crippen molar-refractivity contribution in [2.24, 2.45) is 5.73 Å². The highest BCUT2D eigenvalue weighted by molar-refractivity contribution is 5.80. The van der Waals surface area contributed by atoms with Gasteiger partial charge in [-0.25, -0.2) is 4.39 Å². The lowest BCUT2D eigenvalue weighted by molar-refractivity contribution is -0.122. The number of primary amides is 1. The van der Waals surface area contributed by atoms with Crippen molar-refractivity contribution in [3.05, 3.63) is 35.4 Å². The van der Waals surface area contributed by atoms with E-state index in [1.54, 1.807) is 4.90 Å². The molecule has 4 nitrogen and oxygen atoms in total. The Hall–Kier alpha value is -1.88. The van der Waals surface area contributed by atoms with Gasteiger partial charge in [0.1, 0.15) is 18.5 Å². The van der Waals surface area contributed by atoms with Crippen LogP contribution in [0.5, 0.6) is 5.75 Å². The van der Waals surface area contributed by atoms with Gasteiger partial charge >= 0.3 is 0 Å². The van der Waals surface area contributed by atoms with Crippen LogP contribution in [0, 0.1) is 0 Å². The number of hydrogen-bond donors (Lipinski definition) is 1. The van der Waals surface area contributed by atoms with Crippen molar-refractivity contribution in [1.29, 1.82) is 0 Å². The van der Waals surface area contributed by atoms with Gasteiger partial charge in [-0.1, -0.05) is 18.2 Å². The molecule has 0 saturated carbocycles. The number of nitrogens with two attached hydrogens (primary N) is 1. The molecule has 5 heteroatoms. The Labute approximate surface area is 117 Å². The van der Waals surface area contributed by atoms with Gasteiger partial charge in [0.25, 0.3) is 0 Å². The van der Waals surface area contributed by atoms with Crippen LogP contribution in [0.25, 0.3) is 6.08 Å². The maximum absolute atomic E-state index is 13.5. The second kappa shape index (κ2) is 5.25. The summed E-state index contributed by atoms with van der Waals surface area (Å²) in [5.74, 6) is 0.398. The summed E-state index contributed by atoms with van der Waals surface area (Å²) in [4.78, 5) is 13.2. The molecule has 0 unspecified atom stereocenters. The lowest BCUT2D eigenvalue weighted by atomic mass is 10.1. The Kier molecular flexibility index (Phi) is 3.44. The van der Waals surface area contributed by atoms with Gasteiger partial charge in [0.15, 0.2) is 0 Å². The summed E-state index contributed by atoms with van der Waals surface area (Å²) < 4.78 is 19.1. The number of hydrogen-bond acceptors (Lipinski definition) is 3. The number of amides is 1. The van der Waals surface area contributed by atoms with Crippen molar-refractivity contribution < 1.29 is 13.9 Å². The van der Waals surface area contributed by atoms with E-state index in [0.29, 0.717) is 13.2 Å². The fourth-order valence-corrected chi connectivity index (χ4v) is 2.83. The van der Waals surface area contributed by atoms with Crippen LogP contribution in [0.4, 0.5) is 4.39 Å². The summed E-state index contributed by atoms with van der Waals surface area (Å²) in [6.07, 6.45) is 1.26. The molecular weight excluding hydrogens is 259 g/mol. The van der Waals surface area contributed by atoms with Gasteiger partial charge in [0.05, 0.1) is 6.04 Å². The second-order valence-corrected chi connectivity index (χ2v) is 5.31. The van der Waals surface area contributed by atoms with E-state index in [2.05, 4.69) is 0 Å². The van der Waals surface area contributed by atoms with Crippen LogP contribution < -0.4 is 10.5 Å². The molecule has 20 heavy (non-hydrogen) atoms. The van der Waals surface area contributed by atoms with E-state index in [0.717, 1.165) is 16.9 Å². The van der Waals surface area contributed by atoms with Crippen molar-refractivity contribution in [3.63, 3.8) is 0 Å². The first kappa shape index (κ1) is 13.1. The molecule has 0 bridgehead atoms. The number of carbonyl (C=O) groups is 1. The van der Waals surface area contributed by atoms with Crippen LogP contribution in [0.3, 0.4) is 0 Å². The average Bonchev–Trinajstić information content (AvgIpc) is 2.80. The van der Waals surface area contributed by atoms with Crippen molar-refractivity contribution in [2.75, 3.05) is 19.7 Å². The molecular formula is C15H17FN2O2. The molecule has 2 heterocycles. The minimum Gasteiger partial charge on any atom is -0.489 e. The van der Waals surface area contributed by atoms with E-state index < -0.39 is 18.1 Å². The largest absolute Gasteiger partial charge is 0.489 e. The number of para-hydroxylation sites is 1. The zero-order valence-corrected chi connectivity index (χ0v) is 11.1. The summed E-state index contributed by atoms with van der Waals surface area (Å²) in [6, 6.07) is 7.25. The molecule has 1 saturated heterocycles. The van der Waals surface area contributed by atoms with E-state index >= 15 is 0 Å². The van der Waals surface area contributed by atoms with Gasteiger partial charge in [-0.05, 0) is 17.7 Å². The number of carbonyl (C=O) groups excluding carboxylic acids is 1. The normalized spacial score (nSPS) is 25.8. The molecule has 1 aromatic rings. The monoisotopic (exact) mass is 276 g/mol. The molecule has 0 radical (unpaired) electrons. The van der Waals surface area contributed by atoms with Gasteiger partial charge < -0.3 is 10.5 Å². The summed E-state index contributed by atoms with van der Waals surface area (Å²) in [6.45, 7) is 1.24. The number of fused-ring (bicyclic) bond motifs is 1. The van der Waals surface area contributed by atoms with Gasteiger partial charge in [0.2, 0.25) is 5.91 Å². The van der Waals surface area contributed by atoms with Crippen LogP contribution >= 0.6 is 0 Å². The first-order chi connectivity index (χ1) is 9.63. The van der Waals surface area contributed by atoms with Gasteiger partial charge in [-0.2, -0.15) is 0 Å². The van der Waals surface area contributed by atoms with Crippen molar-refractivity contribution in [3.8, 4) is 5.75 Å². The van der Waals surface area contributed by atoms with Crippen LogP contribution in [-0.4, -0.2) is 42.7 Å². The first-order valence-corrected chi connectivity index (χ1v) is 6.72. The van der Waals surface area contributed by atoms with Gasteiger partial charge in [-0.15, -0.1) is 0 Å². The molecule has 0 aromatic heterocycles. The van der Waals surface area contributed by atoms with Crippen molar-refractivity contribution >= 4 is 12.0 Å².